The molecule has 0 aliphatic carbocycles. The predicted molar refractivity (Wildman–Crippen MR) is 106 cm³/mol. The Morgan fingerprint density at radius 3 is 2.57 bits per heavy atom. The molecule has 2 N–H and O–H groups in total. The van der Waals surface area contributed by atoms with Crippen LogP contribution in [-0.4, -0.2) is 56.4 Å². The maximum absolute atomic E-state index is 12.2. The number of piperidine rings is 1. The van der Waals surface area contributed by atoms with E-state index in [4.69, 9.17) is 4.74 Å². The Kier molecular flexibility index (Phi) is 8.41. The van der Waals surface area contributed by atoms with Gasteiger partial charge in [0, 0.05) is 32.7 Å². The van der Waals surface area contributed by atoms with Crippen LogP contribution in [0.4, 0.5) is 13.2 Å². The van der Waals surface area contributed by atoms with Crippen LogP contribution in [0.3, 0.4) is 0 Å². The van der Waals surface area contributed by atoms with Crippen molar-refractivity contribution < 1.29 is 17.9 Å². The lowest BCUT2D eigenvalue weighted by Crippen LogP contribution is -2.45. The topological polar surface area (TPSA) is 48.9 Å². The van der Waals surface area contributed by atoms with E-state index in [1.54, 1.807) is 31.3 Å². The van der Waals surface area contributed by atoms with Crippen molar-refractivity contribution in [2.24, 2.45) is 10.9 Å². The van der Waals surface area contributed by atoms with Crippen molar-refractivity contribution in [3.8, 4) is 5.75 Å². The molecule has 5 nitrogen and oxygen atoms in total. The van der Waals surface area contributed by atoms with Crippen LogP contribution in [-0.2, 0) is 6.54 Å². The number of alkyl halides is 3. The largest absolute Gasteiger partial charge is 0.484 e. The number of ether oxygens (including phenoxy) is 1. The first kappa shape index (κ1) is 22.3. The summed E-state index contributed by atoms with van der Waals surface area (Å²) < 4.78 is 41.3. The van der Waals surface area contributed by atoms with E-state index in [2.05, 4.69) is 34.4 Å². The summed E-state index contributed by atoms with van der Waals surface area (Å²) in [6, 6.07) is 7.15. The predicted octanol–water partition coefficient (Wildman–Crippen LogP) is 3.41. The summed E-state index contributed by atoms with van der Waals surface area (Å²) in [6.45, 7) is 6.85. The zero-order chi connectivity index (χ0) is 20.6. The number of hydrogen-bond acceptors (Lipinski definition) is 3. The van der Waals surface area contributed by atoms with Gasteiger partial charge in [0.25, 0.3) is 0 Å². The summed E-state index contributed by atoms with van der Waals surface area (Å²) in [5.74, 6) is 1.52. The zero-order valence-electron chi connectivity index (χ0n) is 16.9. The van der Waals surface area contributed by atoms with Gasteiger partial charge in [-0.1, -0.05) is 12.1 Å². The molecule has 1 aliphatic rings. The molecule has 1 aromatic rings. The Labute approximate surface area is 165 Å². The third-order valence-electron chi connectivity index (χ3n) is 4.85. The molecule has 0 spiro atoms. The molecule has 158 valence electrons. The van der Waals surface area contributed by atoms with Crippen molar-refractivity contribution in [3.05, 3.63) is 29.8 Å². The van der Waals surface area contributed by atoms with Crippen LogP contribution in [0.2, 0.25) is 0 Å². The molecule has 1 saturated heterocycles. The van der Waals surface area contributed by atoms with Gasteiger partial charge in [-0.05, 0) is 56.8 Å². The van der Waals surface area contributed by atoms with Gasteiger partial charge in [-0.2, -0.15) is 13.2 Å². The van der Waals surface area contributed by atoms with E-state index in [0.717, 1.165) is 24.6 Å². The van der Waals surface area contributed by atoms with Gasteiger partial charge in [0.2, 0.25) is 0 Å². The zero-order valence-corrected chi connectivity index (χ0v) is 16.9. The van der Waals surface area contributed by atoms with E-state index in [9.17, 15) is 13.2 Å². The van der Waals surface area contributed by atoms with Crippen LogP contribution in [0.1, 0.15) is 32.3 Å². The fourth-order valence-electron chi connectivity index (χ4n) is 3.25. The third kappa shape index (κ3) is 7.96. The number of nitrogens with zero attached hydrogens (tertiary/aromatic N) is 2. The van der Waals surface area contributed by atoms with Gasteiger partial charge in [-0.25, -0.2) is 0 Å². The molecule has 0 amide bonds. The smallest absolute Gasteiger partial charge is 0.422 e. The van der Waals surface area contributed by atoms with Gasteiger partial charge >= 0.3 is 6.18 Å². The Hall–Kier alpha value is -1.96. The molecule has 1 unspecified atom stereocenters. The van der Waals surface area contributed by atoms with Crippen molar-refractivity contribution in [2.75, 3.05) is 33.3 Å². The number of nitrogens with one attached hydrogen (secondary N) is 2. The molecular formula is C20H31F3N4O. The SMILES string of the molecule is CN=C(NCc1ccc(OCC(F)(F)F)cc1)NCC1CCCN(C(C)C)C1. The molecule has 0 saturated carbocycles. The minimum absolute atomic E-state index is 0.204. The van der Waals surface area contributed by atoms with Crippen molar-refractivity contribution in [1.29, 1.82) is 0 Å². The van der Waals surface area contributed by atoms with E-state index in [-0.39, 0.29) is 5.75 Å². The Balaban J connectivity index is 1.74. The number of hydrogen-bond donors (Lipinski definition) is 2. The molecule has 1 atom stereocenters. The first-order valence-electron chi connectivity index (χ1n) is 9.74. The molecule has 2 rings (SSSR count). The molecule has 1 heterocycles. The fourth-order valence-corrected chi connectivity index (χ4v) is 3.25. The first-order chi connectivity index (χ1) is 13.3. The number of benzene rings is 1. The van der Waals surface area contributed by atoms with Gasteiger partial charge in [0.15, 0.2) is 12.6 Å². The minimum Gasteiger partial charge on any atom is -0.484 e. The second kappa shape index (κ2) is 10.5. The average Bonchev–Trinajstić information content (AvgIpc) is 2.67. The molecule has 8 heteroatoms. The molecule has 1 aliphatic heterocycles. The summed E-state index contributed by atoms with van der Waals surface area (Å²) in [5.41, 5.74) is 0.936. The monoisotopic (exact) mass is 400 g/mol. The number of likely N-dealkylation sites (tertiary alicyclic amines) is 1. The third-order valence-corrected chi connectivity index (χ3v) is 4.85. The van der Waals surface area contributed by atoms with E-state index in [1.165, 1.54) is 19.4 Å². The van der Waals surface area contributed by atoms with Crippen molar-refractivity contribution in [1.82, 2.24) is 15.5 Å². The lowest BCUT2D eigenvalue weighted by atomic mass is 9.97. The average molecular weight is 400 g/mol. The highest BCUT2D eigenvalue weighted by molar-refractivity contribution is 5.79. The lowest BCUT2D eigenvalue weighted by Gasteiger charge is -2.35. The van der Waals surface area contributed by atoms with Crippen LogP contribution in [0.25, 0.3) is 0 Å². The van der Waals surface area contributed by atoms with Crippen LogP contribution in [0.15, 0.2) is 29.3 Å². The maximum Gasteiger partial charge on any atom is 0.422 e. The second-order valence-corrected chi connectivity index (χ2v) is 7.45. The Morgan fingerprint density at radius 2 is 1.96 bits per heavy atom. The number of halogens is 3. The number of rotatable bonds is 7. The summed E-state index contributed by atoms with van der Waals surface area (Å²) in [5, 5.41) is 6.62. The highest BCUT2D eigenvalue weighted by atomic mass is 19.4. The Bertz CT molecular complexity index is 617. The molecule has 0 aromatic heterocycles. The van der Waals surface area contributed by atoms with Gasteiger partial charge in [-0.3, -0.25) is 4.99 Å². The molecular weight excluding hydrogens is 369 g/mol. The molecule has 1 fully saturated rings. The van der Waals surface area contributed by atoms with E-state index in [0.29, 0.717) is 18.5 Å². The first-order valence-corrected chi connectivity index (χ1v) is 9.74. The summed E-state index contributed by atoms with van der Waals surface area (Å²) in [4.78, 5) is 6.76. The quantitative estimate of drug-likeness (QED) is 0.544. The van der Waals surface area contributed by atoms with Crippen molar-refractivity contribution in [2.45, 2.75) is 45.5 Å². The lowest BCUT2D eigenvalue weighted by molar-refractivity contribution is -0.153. The fraction of sp³-hybridized carbons (Fsp3) is 0.650. The summed E-state index contributed by atoms with van der Waals surface area (Å²) in [7, 11) is 1.73. The van der Waals surface area contributed by atoms with Gasteiger partial charge < -0.3 is 20.3 Å². The molecule has 0 radical (unpaired) electrons. The maximum atomic E-state index is 12.2. The molecule has 28 heavy (non-hydrogen) atoms. The molecule has 1 aromatic carbocycles. The van der Waals surface area contributed by atoms with Gasteiger partial charge in [-0.15, -0.1) is 0 Å². The highest BCUT2D eigenvalue weighted by Gasteiger charge is 2.28. The van der Waals surface area contributed by atoms with Crippen molar-refractivity contribution >= 4 is 5.96 Å². The summed E-state index contributed by atoms with van der Waals surface area (Å²) >= 11 is 0. The van der Waals surface area contributed by atoms with Crippen LogP contribution < -0.4 is 15.4 Å². The highest BCUT2D eigenvalue weighted by Crippen LogP contribution is 2.19. The van der Waals surface area contributed by atoms with Crippen LogP contribution in [0, 0.1) is 5.92 Å². The second-order valence-electron chi connectivity index (χ2n) is 7.45. The van der Waals surface area contributed by atoms with Crippen LogP contribution >= 0.6 is 0 Å². The number of guanidine groups is 1. The normalized spacial score (nSPS) is 19.0. The van der Waals surface area contributed by atoms with Gasteiger partial charge in [0.05, 0.1) is 0 Å². The molecule has 0 bridgehead atoms. The van der Waals surface area contributed by atoms with E-state index < -0.39 is 12.8 Å². The van der Waals surface area contributed by atoms with Crippen molar-refractivity contribution in [3.63, 3.8) is 0 Å². The summed E-state index contributed by atoms with van der Waals surface area (Å²) in [6.07, 6.45) is -1.89. The van der Waals surface area contributed by atoms with E-state index in [1.807, 2.05) is 0 Å². The Morgan fingerprint density at radius 1 is 1.25 bits per heavy atom. The van der Waals surface area contributed by atoms with E-state index >= 15 is 0 Å². The van der Waals surface area contributed by atoms with Gasteiger partial charge in [0.1, 0.15) is 5.75 Å². The number of aliphatic imine (C=N–C) groups is 1. The van der Waals surface area contributed by atoms with Crippen LogP contribution in [0.5, 0.6) is 5.75 Å². The minimum atomic E-state index is -4.33. The standard InChI is InChI=1S/C20H31F3N4O/c1-15(2)27-10-4-5-17(13-27)12-26-19(24-3)25-11-16-6-8-18(9-7-16)28-14-20(21,22)23/h6-9,15,17H,4-5,10-14H2,1-3H3,(H2,24,25,26).